The molecule has 2 heterocycles. The largest absolute Gasteiger partial charge is 0.469 e. The van der Waals surface area contributed by atoms with E-state index in [1.165, 1.54) is 0 Å². The molecular formula is C26H23ClN2O3. The third kappa shape index (κ3) is 3.53. The van der Waals surface area contributed by atoms with Crippen LogP contribution in [0.3, 0.4) is 0 Å². The summed E-state index contributed by atoms with van der Waals surface area (Å²) in [5.41, 5.74) is 3.89. The number of allylic oxidation sites excluding steroid dienone is 1. The molecule has 1 amide bonds. The molecule has 0 unspecified atom stereocenters. The van der Waals surface area contributed by atoms with Crippen molar-refractivity contribution in [2.24, 2.45) is 0 Å². The second-order valence-corrected chi connectivity index (χ2v) is 8.59. The number of Topliss-reactive ketones (excluding diaryl/α,β-unsaturated/α-hetero) is 1. The highest BCUT2D eigenvalue weighted by atomic mass is 35.5. The summed E-state index contributed by atoms with van der Waals surface area (Å²) in [4.78, 5) is 28.7. The molecule has 1 N–H and O–H groups in total. The standard InChI is InChI=1S/C26H23ClN2O3/c1-2-24(31)29-21-7-4-3-6-19(21)28-20-14-17(23-8-5-13-32-23)15-22(30)25(20)26(29)16-9-11-18(27)12-10-16/h3-13,17,26,28H,2,14-15H2,1H3/t17-,26+/m1/s1. The van der Waals surface area contributed by atoms with Gasteiger partial charge in [-0.1, -0.05) is 42.8 Å². The predicted octanol–water partition coefficient (Wildman–Crippen LogP) is 6.24. The Morgan fingerprint density at radius 3 is 2.59 bits per heavy atom. The molecule has 1 aliphatic carbocycles. The van der Waals surface area contributed by atoms with Crippen LogP contribution < -0.4 is 10.2 Å². The van der Waals surface area contributed by atoms with E-state index in [9.17, 15) is 9.59 Å². The highest BCUT2D eigenvalue weighted by molar-refractivity contribution is 6.30. The van der Waals surface area contributed by atoms with Gasteiger partial charge in [0.05, 0.1) is 23.7 Å². The molecule has 2 aromatic carbocycles. The maximum atomic E-state index is 13.6. The molecule has 0 spiro atoms. The molecular weight excluding hydrogens is 424 g/mol. The Bertz CT molecular complexity index is 1200. The number of benzene rings is 2. The van der Waals surface area contributed by atoms with E-state index < -0.39 is 6.04 Å². The molecule has 5 nitrogen and oxygen atoms in total. The zero-order chi connectivity index (χ0) is 22.2. The van der Waals surface area contributed by atoms with Crippen molar-refractivity contribution >= 4 is 34.7 Å². The summed E-state index contributed by atoms with van der Waals surface area (Å²) in [7, 11) is 0. The quantitative estimate of drug-likeness (QED) is 0.517. The molecule has 0 fully saturated rings. The first-order chi connectivity index (χ1) is 15.6. The van der Waals surface area contributed by atoms with Crippen LogP contribution in [-0.2, 0) is 9.59 Å². The van der Waals surface area contributed by atoms with E-state index in [4.69, 9.17) is 16.0 Å². The van der Waals surface area contributed by atoms with Crippen LogP contribution in [0.25, 0.3) is 0 Å². The van der Waals surface area contributed by atoms with Crippen LogP contribution in [0.5, 0.6) is 0 Å². The fourth-order valence-electron chi connectivity index (χ4n) is 4.72. The van der Waals surface area contributed by atoms with Crippen molar-refractivity contribution in [2.75, 3.05) is 10.2 Å². The summed E-state index contributed by atoms with van der Waals surface area (Å²) in [6.45, 7) is 1.84. The van der Waals surface area contributed by atoms with Crippen LogP contribution in [0.2, 0.25) is 5.02 Å². The minimum absolute atomic E-state index is 0.0156. The van der Waals surface area contributed by atoms with E-state index in [1.807, 2.05) is 55.5 Å². The van der Waals surface area contributed by atoms with Gasteiger partial charge in [-0.25, -0.2) is 0 Å². The minimum Gasteiger partial charge on any atom is -0.469 e. The van der Waals surface area contributed by atoms with Gasteiger partial charge in [0.2, 0.25) is 5.91 Å². The Morgan fingerprint density at radius 2 is 1.88 bits per heavy atom. The van der Waals surface area contributed by atoms with Gasteiger partial charge >= 0.3 is 0 Å². The second kappa shape index (κ2) is 8.32. The molecule has 0 radical (unpaired) electrons. The minimum atomic E-state index is -0.532. The lowest BCUT2D eigenvalue weighted by Gasteiger charge is -2.34. The van der Waals surface area contributed by atoms with Crippen LogP contribution in [0.15, 0.2) is 82.6 Å². The Balaban J connectivity index is 1.72. The Morgan fingerprint density at radius 1 is 1.09 bits per heavy atom. The summed E-state index contributed by atoms with van der Waals surface area (Å²) in [5, 5.41) is 4.11. The first-order valence-corrected chi connectivity index (χ1v) is 11.2. The number of fused-ring (bicyclic) bond motifs is 1. The van der Waals surface area contributed by atoms with E-state index in [2.05, 4.69) is 5.32 Å². The fraction of sp³-hybridized carbons (Fsp3) is 0.231. The zero-order valence-corrected chi connectivity index (χ0v) is 18.4. The van der Waals surface area contributed by atoms with E-state index in [0.717, 1.165) is 28.4 Å². The number of nitrogens with one attached hydrogen (secondary N) is 1. The number of hydrogen-bond acceptors (Lipinski definition) is 4. The van der Waals surface area contributed by atoms with Gasteiger partial charge in [0.1, 0.15) is 5.76 Å². The van der Waals surface area contributed by atoms with Crippen molar-refractivity contribution in [2.45, 2.75) is 38.1 Å². The molecule has 5 rings (SSSR count). The summed E-state index contributed by atoms with van der Waals surface area (Å²) >= 11 is 6.15. The molecule has 3 aromatic rings. The SMILES string of the molecule is CCC(=O)N1c2ccccc2NC2=C(C(=O)C[C@H](c3ccco3)C2)[C@@H]1c1ccc(Cl)cc1. The summed E-state index contributed by atoms with van der Waals surface area (Å²) in [6, 6.07) is 18.3. The van der Waals surface area contributed by atoms with E-state index >= 15 is 0 Å². The molecule has 6 heteroatoms. The normalized spacial score (nSPS) is 20.3. The first kappa shape index (κ1) is 20.6. The van der Waals surface area contributed by atoms with Gasteiger partial charge in [-0.2, -0.15) is 0 Å². The number of halogens is 1. The van der Waals surface area contributed by atoms with Gasteiger partial charge < -0.3 is 9.73 Å². The molecule has 1 aliphatic heterocycles. The fourth-order valence-corrected chi connectivity index (χ4v) is 4.85. The van der Waals surface area contributed by atoms with Crippen LogP contribution in [-0.4, -0.2) is 11.7 Å². The average molecular weight is 447 g/mol. The number of carbonyl (C=O) groups is 2. The summed E-state index contributed by atoms with van der Waals surface area (Å²) in [6.07, 6.45) is 2.92. The predicted molar refractivity (Wildman–Crippen MR) is 125 cm³/mol. The van der Waals surface area contributed by atoms with Gasteiger partial charge in [-0.05, 0) is 48.4 Å². The number of carbonyl (C=O) groups excluding carboxylic acids is 2. The number of hydrogen-bond donors (Lipinski definition) is 1. The highest BCUT2D eigenvalue weighted by Crippen LogP contribution is 2.47. The van der Waals surface area contributed by atoms with Crippen molar-refractivity contribution in [3.63, 3.8) is 0 Å². The average Bonchev–Trinajstić information content (AvgIpc) is 3.29. The number of para-hydroxylation sites is 2. The monoisotopic (exact) mass is 446 g/mol. The van der Waals surface area contributed by atoms with Gasteiger partial charge in [-0.15, -0.1) is 0 Å². The van der Waals surface area contributed by atoms with Crippen molar-refractivity contribution in [3.8, 4) is 0 Å². The maximum Gasteiger partial charge on any atom is 0.227 e. The number of rotatable bonds is 3. The Hall–Kier alpha value is -3.31. The third-order valence-corrected chi connectivity index (χ3v) is 6.44. The van der Waals surface area contributed by atoms with Crippen molar-refractivity contribution in [1.82, 2.24) is 0 Å². The molecule has 2 atom stereocenters. The molecule has 0 saturated heterocycles. The Kier molecular flexibility index (Phi) is 5.35. The lowest BCUT2D eigenvalue weighted by molar-refractivity contribution is -0.119. The molecule has 1 aromatic heterocycles. The van der Waals surface area contributed by atoms with E-state index in [0.29, 0.717) is 29.9 Å². The number of anilines is 2. The lowest BCUT2D eigenvalue weighted by Crippen LogP contribution is -2.38. The van der Waals surface area contributed by atoms with Crippen LogP contribution >= 0.6 is 11.6 Å². The van der Waals surface area contributed by atoms with Gasteiger partial charge in [-0.3, -0.25) is 14.5 Å². The van der Waals surface area contributed by atoms with Crippen molar-refractivity contribution < 1.29 is 14.0 Å². The smallest absolute Gasteiger partial charge is 0.227 e. The van der Waals surface area contributed by atoms with Gasteiger partial charge in [0.15, 0.2) is 5.78 Å². The summed E-state index contributed by atoms with van der Waals surface area (Å²) < 4.78 is 5.62. The number of ketones is 1. The zero-order valence-electron chi connectivity index (χ0n) is 17.7. The van der Waals surface area contributed by atoms with Crippen LogP contribution in [0.4, 0.5) is 11.4 Å². The van der Waals surface area contributed by atoms with Crippen LogP contribution in [0.1, 0.15) is 49.5 Å². The third-order valence-electron chi connectivity index (χ3n) is 6.19. The van der Waals surface area contributed by atoms with Crippen molar-refractivity contribution in [3.05, 3.63) is 94.5 Å². The molecule has 162 valence electrons. The lowest BCUT2D eigenvalue weighted by atomic mass is 9.80. The van der Waals surface area contributed by atoms with Crippen molar-refractivity contribution in [1.29, 1.82) is 0 Å². The number of amides is 1. The topological polar surface area (TPSA) is 62.6 Å². The molecule has 32 heavy (non-hydrogen) atoms. The van der Waals surface area contributed by atoms with Gasteiger partial charge in [0, 0.05) is 35.1 Å². The molecule has 0 saturated carbocycles. The second-order valence-electron chi connectivity index (χ2n) is 8.15. The molecule has 2 aliphatic rings. The van der Waals surface area contributed by atoms with Crippen LogP contribution in [0, 0.1) is 0 Å². The maximum absolute atomic E-state index is 13.6. The molecule has 0 bridgehead atoms. The van der Waals surface area contributed by atoms with E-state index in [1.54, 1.807) is 23.3 Å². The van der Waals surface area contributed by atoms with E-state index in [-0.39, 0.29) is 17.6 Å². The number of nitrogens with zero attached hydrogens (tertiary/aromatic N) is 1. The number of furan rings is 1. The highest BCUT2D eigenvalue weighted by Gasteiger charge is 2.41. The summed E-state index contributed by atoms with van der Waals surface area (Å²) in [5.74, 6) is 0.722. The van der Waals surface area contributed by atoms with Gasteiger partial charge in [0.25, 0.3) is 0 Å². The Labute approximate surface area is 191 Å². The first-order valence-electron chi connectivity index (χ1n) is 10.8.